The van der Waals surface area contributed by atoms with Crippen molar-refractivity contribution in [2.45, 2.75) is 24.8 Å². The number of H-pyrrole nitrogens is 1. The van der Waals surface area contributed by atoms with Gasteiger partial charge in [0.25, 0.3) is 5.56 Å². The number of thioether (sulfide) groups is 1. The van der Waals surface area contributed by atoms with Crippen molar-refractivity contribution in [2.24, 2.45) is 0 Å². The molecule has 0 amide bonds. The smallest absolute Gasteiger partial charge is 0.260 e. The molecule has 5 rings (SSSR count). The Morgan fingerprint density at radius 2 is 2.07 bits per heavy atom. The third-order valence-electron chi connectivity index (χ3n) is 4.71. The van der Waals surface area contributed by atoms with Gasteiger partial charge in [-0.15, -0.1) is 11.3 Å². The fraction of sp³-hybridized carbons (Fsp3) is 0.136. The van der Waals surface area contributed by atoms with Gasteiger partial charge in [-0.05, 0) is 49.2 Å². The number of aromatic nitrogens is 4. The van der Waals surface area contributed by atoms with Gasteiger partial charge < -0.3 is 9.40 Å². The molecule has 0 saturated heterocycles. The summed E-state index contributed by atoms with van der Waals surface area (Å²) in [6.07, 6.45) is 5.34. The normalized spacial score (nSPS) is 11.4. The van der Waals surface area contributed by atoms with Crippen molar-refractivity contribution in [1.82, 2.24) is 19.5 Å². The molecule has 0 aliphatic carbocycles. The first-order valence-electron chi connectivity index (χ1n) is 9.37. The molecule has 0 spiro atoms. The van der Waals surface area contributed by atoms with E-state index >= 15 is 0 Å². The van der Waals surface area contributed by atoms with Gasteiger partial charge in [0, 0.05) is 29.0 Å². The van der Waals surface area contributed by atoms with Crippen LogP contribution in [0.4, 0.5) is 0 Å². The minimum atomic E-state index is -0.152. The molecule has 150 valence electrons. The highest BCUT2D eigenvalue weighted by atomic mass is 32.2. The van der Waals surface area contributed by atoms with Crippen LogP contribution in [0.5, 0.6) is 0 Å². The van der Waals surface area contributed by atoms with Gasteiger partial charge in [0.1, 0.15) is 16.4 Å². The van der Waals surface area contributed by atoms with Crippen molar-refractivity contribution in [2.75, 3.05) is 0 Å². The van der Waals surface area contributed by atoms with Crippen molar-refractivity contribution < 1.29 is 4.42 Å². The number of aryl methyl sites for hydroxylation is 2. The van der Waals surface area contributed by atoms with Crippen LogP contribution in [-0.2, 0) is 5.75 Å². The van der Waals surface area contributed by atoms with E-state index in [0.717, 1.165) is 16.4 Å². The molecule has 4 heterocycles. The molecule has 5 aromatic rings. The summed E-state index contributed by atoms with van der Waals surface area (Å²) in [4.78, 5) is 25.5. The van der Waals surface area contributed by atoms with Gasteiger partial charge in [-0.1, -0.05) is 17.8 Å². The van der Waals surface area contributed by atoms with E-state index in [2.05, 4.69) is 51.6 Å². The zero-order chi connectivity index (χ0) is 20.7. The van der Waals surface area contributed by atoms with E-state index in [1.165, 1.54) is 22.5 Å². The highest BCUT2D eigenvalue weighted by Gasteiger charge is 2.15. The molecule has 4 aromatic heterocycles. The largest absolute Gasteiger partial charge is 0.464 e. The minimum Gasteiger partial charge on any atom is -0.464 e. The number of rotatable bonds is 5. The monoisotopic (exact) mass is 434 g/mol. The number of benzene rings is 1. The Hall–Kier alpha value is -3.10. The lowest BCUT2D eigenvalue weighted by Gasteiger charge is -2.09. The Morgan fingerprint density at radius 1 is 1.23 bits per heavy atom. The van der Waals surface area contributed by atoms with Crippen LogP contribution in [0.1, 0.15) is 17.0 Å². The van der Waals surface area contributed by atoms with Gasteiger partial charge in [-0.25, -0.2) is 9.97 Å². The van der Waals surface area contributed by atoms with Crippen molar-refractivity contribution in [3.63, 3.8) is 0 Å². The molecule has 0 fully saturated rings. The molecule has 6 nitrogen and oxygen atoms in total. The van der Waals surface area contributed by atoms with Crippen LogP contribution in [0, 0.1) is 13.8 Å². The maximum atomic E-state index is 12.7. The summed E-state index contributed by atoms with van der Waals surface area (Å²) in [5, 5.41) is 3.33. The molecule has 0 unspecified atom stereocenters. The second-order valence-electron chi connectivity index (χ2n) is 7.03. The lowest BCUT2D eigenvalue weighted by molar-refractivity contribution is 0.583. The topological polar surface area (TPSA) is 76.7 Å². The van der Waals surface area contributed by atoms with Gasteiger partial charge in [0.15, 0.2) is 5.16 Å². The summed E-state index contributed by atoms with van der Waals surface area (Å²) < 4.78 is 7.51. The van der Waals surface area contributed by atoms with Gasteiger partial charge in [0.2, 0.25) is 0 Å². The van der Waals surface area contributed by atoms with E-state index in [1.54, 1.807) is 24.2 Å². The Labute approximate surface area is 180 Å². The fourth-order valence-electron chi connectivity index (χ4n) is 3.49. The molecule has 1 aromatic carbocycles. The Bertz CT molecular complexity index is 1380. The van der Waals surface area contributed by atoms with E-state index in [1.807, 2.05) is 23.7 Å². The number of furan rings is 1. The van der Waals surface area contributed by atoms with Crippen LogP contribution in [-0.4, -0.2) is 19.5 Å². The third-order valence-corrected chi connectivity index (χ3v) is 6.56. The van der Waals surface area contributed by atoms with Gasteiger partial charge >= 0.3 is 0 Å². The summed E-state index contributed by atoms with van der Waals surface area (Å²) in [5.74, 6) is 1.81. The van der Waals surface area contributed by atoms with Crippen molar-refractivity contribution in [1.29, 1.82) is 0 Å². The number of fused-ring (bicyclic) bond motifs is 1. The van der Waals surface area contributed by atoms with Crippen LogP contribution >= 0.6 is 23.1 Å². The summed E-state index contributed by atoms with van der Waals surface area (Å²) in [5.41, 5.74) is 4.11. The second kappa shape index (κ2) is 7.62. The lowest BCUT2D eigenvalue weighted by Crippen LogP contribution is -2.10. The second-order valence-corrected chi connectivity index (χ2v) is 8.83. The van der Waals surface area contributed by atoms with Crippen LogP contribution in [0.25, 0.3) is 27.2 Å². The first-order valence-corrected chi connectivity index (χ1v) is 11.2. The molecule has 1 N–H and O–H groups in total. The average molecular weight is 435 g/mol. The molecule has 30 heavy (non-hydrogen) atoms. The summed E-state index contributed by atoms with van der Waals surface area (Å²) in [6.45, 7) is 4.17. The summed E-state index contributed by atoms with van der Waals surface area (Å²) >= 11 is 2.99. The maximum absolute atomic E-state index is 12.7. The summed E-state index contributed by atoms with van der Waals surface area (Å²) in [6, 6.07) is 10.1. The Kier molecular flexibility index (Phi) is 4.80. The Balaban J connectivity index is 1.43. The molecule has 0 aliphatic heterocycles. The van der Waals surface area contributed by atoms with Gasteiger partial charge in [-0.2, -0.15) is 0 Å². The zero-order valence-electron chi connectivity index (χ0n) is 16.4. The Morgan fingerprint density at radius 3 is 2.83 bits per heavy atom. The number of aromatic amines is 1. The highest BCUT2D eigenvalue weighted by Crippen LogP contribution is 2.31. The van der Waals surface area contributed by atoms with Crippen LogP contribution in [0.3, 0.4) is 0 Å². The SMILES string of the molecule is Cc1cc(C)cc(-n2ccnc2SCc2nc3scc(-c4ccco4)c3c(=O)[nH]2)c1. The third kappa shape index (κ3) is 3.48. The fourth-order valence-corrected chi connectivity index (χ4v) is 5.28. The maximum Gasteiger partial charge on any atom is 0.260 e. The number of nitrogens with one attached hydrogen (secondary N) is 1. The van der Waals surface area contributed by atoms with Crippen LogP contribution < -0.4 is 5.56 Å². The van der Waals surface area contributed by atoms with Crippen LogP contribution in [0.2, 0.25) is 0 Å². The van der Waals surface area contributed by atoms with Gasteiger partial charge in [-0.3, -0.25) is 9.36 Å². The molecule has 0 bridgehead atoms. The minimum absolute atomic E-state index is 0.152. The zero-order valence-corrected chi connectivity index (χ0v) is 18.0. The number of hydrogen-bond acceptors (Lipinski definition) is 6. The first kappa shape index (κ1) is 18.9. The predicted octanol–water partition coefficient (Wildman–Crippen LogP) is 5.34. The molecule has 0 radical (unpaired) electrons. The molecule has 8 heteroatoms. The van der Waals surface area contributed by atoms with Crippen molar-refractivity contribution in [3.8, 4) is 17.0 Å². The van der Waals surface area contributed by atoms with Crippen LogP contribution in [0.15, 0.2) is 68.7 Å². The average Bonchev–Trinajstić information content (AvgIpc) is 3.45. The standard InChI is InChI=1S/C22H18N4O2S2/c1-13-8-14(2)10-15(9-13)26-6-5-23-22(26)30-12-18-24-20(27)19-16(11-29-21(19)25-18)17-4-3-7-28-17/h3-11H,12H2,1-2H3,(H,24,25,27). The first-order chi connectivity index (χ1) is 14.6. The number of nitrogens with zero attached hydrogens (tertiary/aromatic N) is 3. The molecular weight excluding hydrogens is 416 g/mol. The van der Waals surface area contributed by atoms with E-state index in [0.29, 0.717) is 27.6 Å². The van der Waals surface area contributed by atoms with E-state index in [9.17, 15) is 4.79 Å². The number of hydrogen-bond donors (Lipinski definition) is 1. The summed E-state index contributed by atoms with van der Waals surface area (Å²) in [7, 11) is 0. The number of imidazole rings is 1. The molecule has 0 saturated carbocycles. The molecular formula is C22H18N4O2S2. The quantitative estimate of drug-likeness (QED) is 0.378. The molecule has 0 aliphatic rings. The van der Waals surface area contributed by atoms with Crippen molar-refractivity contribution >= 4 is 33.3 Å². The number of thiophene rings is 1. The predicted molar refractivity (Wildman–Crippen MR) is 121 cm³/mol. The van der Waals surface area contributed by atoms with E-state index < -0.39 is 0 Å². The van der Waals surface area contributed by atoms with E-state index in [-0.39, 0.29) is 5.56 Å². The van der Waals surface area contributed by atoms with Crippen molar-refractivity contribution in [3.05, 3.63) is 81.7 Å². The molecule has 0 atom stereocenters. The van der Waals surface area contributed by atoms with Gasteiger partial charge in [0.05, 0.1) is 17.4 Å². The lowest BCUT2D eigenvalue weighted by atomic mass is 10.1. The van der Waals surface area contributed by atoms with E-state index in [4.69, 9.17) is 4.42 Å². The highest BCUT2D eigenvalue weighted by molar-refractivity contribution is 7.98.